The summed E-state index contributed by atoms with van der Waals surface area (Å²) in [6, 6.07) is 6.13. The lowest BCUT2D eigenvalue weighted by molar-refractivity contribution is -0.0884. The highest BCUT2D eigenvalue weighted by molar-refractivity contribution is 5.79. The molecule has 3 rings (SSSR count). The van der Waals surface area contributed by atoms with Gasteiger partial charge < -0.3 is 15.4 Å². The van der Waals surface area contributed by atoms with E-state index in [0.717, 1.165) is 29.0 Å². The smallest absolute Gasteiger partial charge is 0.107 e. The third-order valence-electron chi connectivity index (χ3n) is 4.37. The van der Waals surface area contributed by atoms with Crippen molar-refractivity contribution in [2.75, 3.05) is 5.73 Å². The van der Waals surface area contributed by atoms with Crippen LogP contribution in [0.4, 0.5) is 5.69 Å². The number of hydrogen-bond donors (Lipinski definition) is 2. The van der Waals surface area contributed by atoms with E-state index in [9.17, 15) is 5.11 Å². The number of anilines is 1. The Morgan fingerprint density at radius 3 is 2.78 bits per heavy atom. The second-order valence-corrected chi connectivity index (χ2v) is 5.87. The van der Waals surface area contributed by atoms with Crippen molar-refractivity contribution in [3.63, 3.8) is 0 Å². The van der Waals surface area contributed by atoms with E-state index in [4.69, 9.17) is 5.73 Å². The molecular formula is C14H19N3O. The van der Waals surface area contributed by atoms with Gasteiger partial charge in [0.1, 0.15) is 5.82 Å². The maximum Gasteiger partial charge on any atom is 0.107 e. The molecule has 0 spiro atoms. The molecule has 1 aliphatic rings. The van der Waals surface area contributed by atoms with E-state index >= 15 is 0 Å². The first kappa shape index (κ1) is 11.5. The van der Waals surface area contributed by atoms with Crippen LogP contribution in [0.15, 0.2) is 18.2 Å². The summed E-state index contributed by atoms with van der Waals surface area (Å²) < 4.78 is 2.24. The number of aliphatic hydroxyl groups excluding tert-OH is 1. The third kappa shape index (κ3) is 1.38. The first-order valence-corrected chi connectivity index (χ1v) is 6.33. The lowest BCUT2D eigenvalue weighted by atomic mass is 9.64. The summed E-state index contributed by atoms with van der Waals surface area (Å²) in [5.74, 6) is 0.987. The summed E-state index contributed by atoms with van der Waals surface area (Å²) in [5, 5.41) is 9.90. The molecule has 18 heavy (non-hydrogen) atoms. The van der Waals surface area contributed by atoms with E-state index in [0.29, 0.717) is 6.04 Å². The highest BCUT2D eigenvalue weighted by atomic mass is 16.3. The van der Waals surface area contributed by atoms with Crippen molar-refractivity contribution in [2.24, 2.45) is 5.41 Å². The summed E-state index contributed by atoms with van der Waals surface area (Å²) in [4.78, 5) is 4.57. The second kappa shape index (κ2) is 3.48. The number of hydrogen-bond acceptors (Lipinski definition) is 3. The third-order valence-corrected chi connectivity index (χ3v) is 4.37. The van der Waals surface area contributed by atoms with Gasteiger partial charge in [0.2, 0.25) is 0 Å². The van der Waals surface area contributed by atoms with E-state index < -0.39 is 0 Å². The standard InChI is InChI=1S/C14H19N3O/c1-8-16-10-6-9(15)4-5-11(10)17(8)12-7-13(18)14(12,2)3/h4-6,12-13,18H,7,15H2,1-3H3. The van der Waals surface area contributed by atoms with Crippen molar-refractivity contribution in [2.45, 2.75) is 39.3 Å². The number of nitrogen functional groups attached to an aromatic ring is 1. The monoisotopic (exact) mass is 245 g/mol. The van der Waals surface area contributed by atoms with Gasteiger partial charge in [-0.3, -0.25) is 0 Å². The molecule has 0 bridgehead atoms. The molecule has 2 unspecified atom stereocenters. The normalized spacial score (nSPS) is 26.2. The number of nitrogens with zero attached hydrogens (tertiary/aromatic N) is 2. The average molecular weight is 245 g/mol. The molecule has 96 valence electrons. The van der Waals surface area contributed by atoms with Crippen LogP contribution in [0.5, 0.6) is 0 Å². The van der Waals surface area contributed by atoms with Gasteiger partial charge in [-0.1, -0.05) is 13.8 Å². The molecule has 1 aliphatic carbocycles. The van der Waals surface area contributed by atoms with E-state index in [1.807, 2.05) is 25.1 Å². The Morgan fingerprint density at radius 1 is 1.44 bits per heavy atom. The van der Waals surface area contributed by atoms with Crippen LogP contribution in [-0.4, -0.2) is 20.8 Å². The van der Waals surface area contributed by atoms with Crippen LogP contribution in [0.2, 0.25) is 0 Å². The fourth-order valence-corrected chi connectivity index (χ4v) is 2.95. The minimum Gasteiger partial charge on any atom is -0.399 e. The molecule has 4 heteroatoms. The van der Waals surface area contributed by atoms with Gasteiger partial charge in [-0.15, -0.1) is 0 Å². The summed E-state index contributed by atoms with van der Waals surface area (Å²) >= 11 is 0. The van der Waals surface area contributed by atoms with Crippen molar-refractivity contribution in [3.05, 3.63) is 24.0 Å². The Morgan fingerprint density at radius 2 is 2.17 bits per heavy atom. The Hall–Kier alpha value is -1.55. The van der Waals surface area contributed by atoms with Gasteiger partial charge in [0, 0.05) is 17.1 Å². The maximum absolute atomic E-state index is 9.90. The van der Waals surface area contributed by atoms with Crippen LogP contribution in [0.1, 0.15) is 32.1 Å². The molecule has 4 nitrogen and oxygen atoms in total. The zero-order chi connectivity index (χ0) is 13.1. The minimum absolute atomic E-state index is 0.0974. The van der Waals surface area contributed by atoms with E-state index in [-0.39, 0.29) is 11.5 Å². The molecule has 1 aromatic carbocycles. The summed E-state index contributed by atoms with van der Waals surface area (Å²) in [6.45, 7) is 6.22. The van der Waals surface area contributed by atoms with Crippen molar-refractivity contribution in [1.82, 2.24) is 9.55 Å². The number of benzene rings is 1. The van der Waals surface area contributed by atoms with Gasteiger partial charge in [-0.05, 0) is 31.5 Å². The van der Waals surface area contributed by atoms with Crippen LogP contribution in [0.25, 0.3) is 11.0 Å². The summed E-state index contributed by atoms with van der Waals surface area (Å²) in [7, 11) is 0. The number of aliphatic hydroxyl groups is 1. The van der Waals surface area contributed by atoms with Gasteiger partial charge in [-0.2, -0.15) is 0 Å². The molecule has 1 fully saturated rings. The van der Waals surface area contributed by atoms with Crippen LogP contribution < -0.4 is 5.73 Å². The molecule has 2 aromatic rings. The zero-order valence-corrected chi connectivity index (χ0v) is 11.0. The van der Waals surface area contributed by atoms with Crippen molar-refractivity contribution in [1.29, 1.82) is 0 Å². The van der Waals surface area contributed by atoms with Crippen molar-refractivity contribution in [3.8, 4) is 0 Å². The molecule has 1 aromatic heterocycles. The first-order valence-electron chi connectivity index (χ1n) is 6.33. The molecule has 1 heterocycles. The number of fused-ring (bicyclic) bond motifs is 1. The Labute approximate surface area is 106 Å². The highest BCUT2D eigenvalue weighted by Gasteiger charge is 2.49. The first-order chi connectivity index (χ1) is 8.41. The number of aromatic nitrogens is 2. The van der Waals surface area contributed by atoms with Gasteiger partial charge in [0.05, 0.1) is 17.1 Å². The Kier molecular flexibility index (Phi) is 2.23. The van der Waals surface area contributed by atoms with E-state index in [1.165, 1.54) is 0 Å². The molecule has 0 aliphatic heterocycles. The van der Waals surface area contributed by atoms with Gasteiger partial charge >= 0.3 is 0 Å². The predicted molar refractivity (Wildman–Crippen MR) is 72.3 cm³/mol. The quantitative estimate of drug-likeness (QED) is 0.757. The van der Waals surface area contributed by atoms with Crippen molar-refractivity contribution < 1.29 is 5.11 Å². The highest BCUT2D eigenvalue weighted by Crippen LogP contribution is 2.50. The van der Waals surface area contributed by atoms with Crippen LogP contribution in [0.3, 0.4) is 0 Å². The Balaban J connectivity index is 2.15. The van der Waals surface area contributed by atoms with Crippen molar-refractivity contribution >= 4 is 16.7 Å². The van der Waals surface area contributed by atoms with Crippen LogP contribution in [-0.2, 0) is 0 Å². The fraction of sp³-hybridized carbons (Fsp3) is 0.500. The largest absolute Gasteiger partial charge is 0.399 e. The minimum atomic E-state index is -0.229. The molecule has 3 N–H and O–H groups in total. The number of nitrogens with two attached hydrogens (primary N) is 1. The molecule has 2 atom stereocenters. The van der Waals surface area contributed by atoms with E-state index in [2.05, 4.69) is 23.4 Å². The molecule has 1 saturated carbocycles. The number of aryl methyl sites for hydroxylation is 1. The van der Waals surface area contributed by atoms with Crippen LogP contribution in [0, 0.1) is 12.3 Å². The predicted octanol–water partition coefficient (Wildman–Crippen LogP) is 2.26. The lowest BCUT2D eigenvalue weighted by Crippen LogP contribution is -2.50. The van der Waals surface area contributed by atoms with E-state index in [1.54, 1.807) is 0 Å². The molecule has 0 radical (unpaired) electrons. The molecule has 0 amide bonds. The number of imidazole rings is 1. The molecular weight excluding hydrogens is 226 g/mol. The Bertz CT molecular complexity index is 615. The zero-order valence-electron chi connectivity index (χ0n) is 11.0. The van der Waals surface area contributed by atoms with Gasteiger partial charge in [0.15, 0.2) is 0 Å². The maximum atomic E-state index is 9.90. The SMILES string of the molecule is Cc1nc2cc(N)ccc2n1C1CC(O)C1(C)C. The fourth-order valence-electron chi connectivity index (χ4n) is 2.95. The lowest BCUT2D eigenvalue weighted by Gasteiger charge is -2.50. The van der Waals surface area contributed by atoms with Gasteiger partial charge in [0.25, 0.3) is 0 Å². The summed E-state index contributed by atoms with van der Waals surface area (Å²) in [5.41, 5.74) is 8.47. The average Bonchev–Trinajstić information content (AvgIpc) is 2.61. The topological polar surface area (TPSA) is 64.1 Å². The van der Waals surface area contributed by atoms with Crippen LogP contribution >= 0.6 is 0 Å². The molecule has 0 saturated heterocycles. The summed E-state index contributed by atoms with van der Waals surface area (Å²) in [6.07, 6.45) is 0.567. The van der Waals surface area contributed by atoms with Gasteiger partial charge in [-0.25, -0.2) is 4.98 Å². The number of rotatable bonds is 1. The second-order valence-electron chi connectivity index (χ2n) is 5.87.